The van der Waals surface area contributed by atoms with Gasteiger partial charge in [0.05, 0.1) is 26.9 Å². The predicted octanol–water partition coefficient (Wildman–Crippen LogP) is 11.0. The Morgan fingerprint density at radius 2 is 1.29 bits per heavy atom. The Morgan fingerprint density at radius 3 is 1.90 bits per heavy atom. The van der Waals surface area contributed by atoms with Crippen LogP contribution in [0, 0.1) is 0 Å². The number of benzene rings is 6. The Bertz CT molecular complexity index is 3290. The Morgan fingerprint density at radius 1 is 0.671 bits per heavy atom. The summed E-state index contributed by atoms with van der Waals surface area (Å²) in [5.41, 5.74) is 6.89. The predicted molar refractivity (Wildman–Crippen MR) is 273 cm³/mol. The molecule has 4 aliphatic heterocycles. The lowest BCUT2D eigenvalue weighted by Gasteiger charge is -2.34. The van der Waals surface area contributed by atoms with Gasteiger partial charge in [0.1, 0.15) is 71.1 Å². The van der Waals surface area contributed by atoms with Crippen molar-refractivity contribution in [2.45, 2.75) is 61.9 Å². The molecule has 73 heavy (non-hydrogen) atoms. The summed E-state index contributed by atoms with van der Waals surface area (Å²) in [5.74, 6) is 5.63. The van der Waals surface area contributed by atoms with Crippen molar-refractivity contribution < 1.29 is 42.6 Å². The number of rotatable bonds is 14. The largest absolute Gasteiger partial charge is 0.497 e. The van der Waals surface area contributed by atoms with Gasteiger partial charge in [-0.05, 0) is 91.1 Å². The first-order chi connectivity index (χ1) is 35.9. The molecule has 0 bridgehead atoms. The molecule has 12 rings (SSSR count). The quantitative estimate of drug-likeness (QED) is 0.0754. The third-order valence-corrected chi connectivity index (χ3v) is 13.9. The number of methoxy groups -OCH3 is 2. The van der Waals surface area contributed by atoms with Gasteiger partial charge in [0.25, 0.3) is 0 Å². The fraction of sp³-hybridized carbons (Fsp3) is 0.276. The molecule has 7 atom stereocenters. The molecular weight excluding hydrogens is 925 g/mol. The van der Waals surface area contributed by atoms with E-state index >= 15 is 0 Å². The second-order valence-electron chi connectivity index (χ2n) is 18.6. The summed E-state index contributed by atoms with van der Waals surface area (Å²) >= 11 is 0. The lowest BCUT2D eigenvalue weighted by atomic mass is 9.82. The van der Waals surface area contributed by atoms with E-state index < -0.39 is 30.8 Å². The molecule has 8 aromatic rings. The average Bonchev–Trinajstić information content (AvgIpc) is 4.01. The van der Waals surface area contributed by atoms with Gasteiger partial charge >= 0.3 is 0 Å². The van der Waals surface area contributed by atoms with Gasteiger partial charge in [0.15, 0.2) is 35.6 Å². The van der Waals surface area contributed by atoms with E-state index in [2.05, 4.69) is 46.4 Å². The van der Waals surface area contributed by atoms with Crippen molar-refractivity contribution >= 4 is 23.3 Å². The molecule has 6 heterocycles. The monoisotopic (exact) mass is 978 g/mol. The zero-order valence-corrected chi connectivity index (χ0v) is 40.9. The molecular formula is C58H54N6O9. The fourth-order valence-electron chi connectivity index (χ4n) is 10.4. The van der Waals surface area contributed by atoms with Crippen LogP contribution in [0.15, 0.2) is 151 Å². The van der Waals surface area contributed by atoms with Gasteiger partial charge in [-0.3, -0.25) is 4.57 Å². The number of aromatic nitrogens is 4. The van der Waals surface area contributed by atoms with E-state index in [1.165, 1.54) is 6.33 Å². The maximum Gasteiger partial charge on any atom is 0.184 e. The zero-order valence-electron chi connectivity index (χ0n) is 40.9. The highest BCUT2D eigenvalue weighted by Crippen LogP contribution is 2.53. The van der Waals surface area contributed by atoms with Crippen LogP contribution >= 0.6 is 0 Å². The second kappa shape index (κ2) is 19.9. The molecule has 6 aromatic carbocycles. The number of nitrogens with zero attached hydrogens (tertiary/aromatic N) is 6. The first-order valence-electron chi connectivity index (χ1n) is 24.6. The normalized spacial score (nSPS) is 21.8. The van der Waals surface area contributed by atoms with Gasteiger partial charge in [-0.25, -0.2) is 19.9 Å². The zero-order chi connectivity index (χ0) is 49.4. The standard InChI is InChI=1S/C58H54N6O9/c1-63(2)33-62-56-53-57(60-32-59-56)64(34-61-53)58-55(73-48-21-9-10-30-67-48)54(71-46-20-12-19-45-52(46)50(36-24-28-38(66-4)29-25-36)40-14-6-8-16-42(40)70-45)47(72-58)31-68-43-17-11-18-44-51(43)49(35-22-26-37(65-3)27-23-35)39-13-5-7-15-41(39)69-44/h5-8,11-20,22-29,32-34,47-50,54-55,58H,9-10,21,30-31H2,1-4H3/t47-,48?,49?,50?,54-,55-,58-/m1/s1. The van der Waals surface area contributed by atoms with Crippen LogP contribution in [0.3, 0.4) is 0 Å². The van der Waals surface area contributed by atoms with Gasteiger partial charge in [0, 0.05) is 54.8 Å². The molecule has 0 radical (unpaired) electrons. The number of hydrogen-bond donors (Lipinski definition) is 0. The molecule has 0 aliphatic carbocycles. The summed E-state index contributed by atoms with van der Waals surface area (Å²) in [7, 11) is 7.14. The number of ether oxygens (including phenoxy) is 9. The summed E-state index contributed by atoms with van der Waals surface area (Å²) in [6.07, 6.45) is 3.78. The minimum absolute atomic E-state index is 0.0518. The van der Waals surface area contributed by atoms with E-state index in [0.29, 0.717) is 53.0 Å². The number of imidazole rings is 1. The van der Waals surface area contributed by atoms with Crippen LogP contribution in [0.25, 0.3) is 11.2 Å². The van der Waals surface area contributed by atoms with Crippen molar-refractivity contribution in [2.24, 2.45) is 4.99 Å². The Balaban J connectivity index is 0.977. The van der Waals surface area contributed by atoms with E-state index in [9.17, 15) is 0 Å². The molecule has 4 aliphatic rings. The van der Waals surface area contributed by atoms with Crippen LogP contribution in [0.1, 0.15) is 70.7 Å². The SMILES string of the molecule is COc1ccc(C2c3ccccc3Oc3cccc(OC[C@H]4O[C@@H](n5cnc6c(N=CN(C)C)ncnc65)[C@H](OC5CCCCO5)[C@@H]4Oc4cccc5c4C(c4ccc(OC)cc4)c4ccccc4O5)c32)cc1. The summed E-state index contributed by atoms with van der Waals surface area (Å²) in [6, 6.07) is 44.4. The molecule has 2 saturated heterocycles. The maximum absolute atomic E-state index is 7.52. The Hall–Kier alpha value is -7.98. The third kappa shape index (κ3) is 8.83. The molecule has 15 heteroatoms. The first kappa shape index (κ1) is 46.1. The van der Waals surface area contributed by atoms with E-state index in [0.717, 1.165) is 69.2 Å². The van der Waals surface area contributed by atoms with Crippen LogP contribution < -0.4 is 28.4 Å². The summed E-state index contributed by atoms with van der Waals surface area (Å²) < 4.78 is 61.7. The van der Waals surface area contributed by atoms with Crippen molar-refractivity contribution in [1.82, 2.24) is 24.4 Å². The molecule has 0 saturated carbocycles. The van der Waals surface area contributed by atoms with Crippen molar-refractivity contribution in [3.8, 4) is 46.0 Å². The third-order valence-electron chi connectivity index (χ3n) is 13.9. The molecule has 15 nitrogen and oxygen atoms in total. The van der Waals surface area contributed by atoms with Crippen LogP contribution in [-0.4, -0.2) is 96.9 Å². The summed E-state index contributed by atoms with van der Waals surface area (Å²) in [6.45, 7) is 0.623. The molecule has 2 fully saturated rings. The highest BCUT2D eigenvalue weighted by atomic mass is 16.7. The van der Waals surface area contributed by atoms with E-state index in [1.807, 2.05) is 121 Å². The van der Waals surface area contributed by atoms with E-state index in [-0.39, 0.29) is 18.4 Å². The fourth-order valence-corrected chi connectivity index (χ4v) is 10.4. The molecule has 2 aromatic heterocycles. The molecule has 0 spiro atoms. The van der Waals surface area contributed by atoms with Gasteiger partial charge < -0.3 is 47.5 Å². The van der Waals surface area contributed by atoms with Gasteiger partial charge in [-0.15, -0.1) is 0 Å². The van der Waals surface area contributed by atoms with Crippen LogP contribution in [0.2, 0.25) is 0 Å². The molecule has 3 unspecified atom stereocenters. The van der Waals surface area contributed by atoms with Crippen LogP contribution in [-0.2, 0) is 14.2 Å². The first-order valence-corrected chi connectivity index (χ1v) is 24.6. The Kier molecular flexibility index (Phi) is 12.6. The lowest BCUT2D eigenvalue weighted by molar-refractivity contribution is -0.213. The van der Waals surface area contributed by atoms with Crippen molar-refractivity contribution in [2.75, 3.05) is 41.5 Å². The number of para-hydroxylation sites is 2. The average molecular weight is 979 g/mol. The van der Waals surface area contributed by atoms with Crippen molar-refractivity contribution in [3.63, 3.8) is 0 Å². The Labute approximate surface area is 422 Å². The van der Waals surface area contributed by atoms with Crippen LogP contribution in [0.4, 0.5) is 5.82 Å². The summed E-state index contributed by atoms with van der Waals surface area (Å²) in [4.78, 5) is 20.5. The molecule has 370 valence electrons. The maximum atomic E-state index is 7.52. The minimum Gasteiger partial charge on any atom is -0.497 e. The van der Waals surface area contributed by atoms with Gasteiger partial charge in [0.2, 0.25) is 0 Å². The van der Waals surface area contributed by atoms with Crippen molar-refractivity contribution in [1.29, 1.82) is 0 Å². The molecule has 0 N–H and O–H groups in total. The minimum atomic E-state index is -0.824. The lowest BCUT2D eigenvalue weighted by Crippen LogP contribution is -2.44. The number of hydrogen-bond acceptors (Lipinski definition) is 13. The molecule has 0 amide bonds. The highest BCUT2D eigenvalue weighted by molar-refractivity contribution is 5.83. The topological polar surface area (TPSA) is 142 Å². The highest BCUT2D eigenvalue weighted by Gasteiger charge is 2.51. The summed E-state index contributed by atoms with van der Waals surface area (Å²) in [5, 5.41) is 0. The smallest absolute Gasteiger partial charge is 0.184 e. The number of fused-ring (bicyclic) bond motifs is 5. The van der Waals surface area contributed by atoms with E-state index in [1.54, 1.807) is 26.9 Å². The van der Waals surface area contributed by atoms with Crippen molar-refractivity contribution in [3.05, 3.63) is 179 Å². The van der Waals surface area contributed by atoms with E-state index in [4.69, 9.17) is 52.6 Å². The van der Waals surface area contributed by atoms with Gasteiger partial charge in [-0.1, -0.05) is 72.8 Å². The second-order valence-corrected chi connectivity index (χ2v) is 18.6. The van der Waals surface area contributed by atoms with Crippen LogP contribution in [0.5, 0.6) is 46.0 Å². The van der Waals surface area contributed by atoms with Gasteiger partial charge in [-0.2, -0.15) is 0 Å². The number of aliphatic imine (C=N–C) groups is 1.